The summed E-state index contributed by atoms with van der Waals surface area (Å²) in [7, 11) is 0. The molecule has 3 N–H and O–H groups in total. The number of nitrogens with one attached hydrogen (secondary N) is 3. The molecular weight excluding hydrogens is 484 g/mol. The molecule has 0 saturated heterocycles. The van der Waals surface area contributed by atoms with Crippen LogP contribution in [0.3, 0.4) is 0 Å². The number of rotatable bonds is 6. The molecule has 0 aliphatic heterocycles. The van der Waals surface area contributed by atoms with E-state index in [9.17, 15) is 14.4 Å². The molecule has 35 heavy (non-hydrogen) atoms. The zero-order valence-electron chi connectivity index (χ0n) is 18.2. The van der Waals surface area contributed by atoms with E-state index in [1.165, 1.54) is 22.0 Å². The molecule has 0 aliphatic rings. The van der Waals surface area contributed by atoms with E-state index in [2.05, 4.69) is 15.6 Å². The number of hydrogen-bond acceptors (Lipinski definition) is 4. The minimum Gasteiger partial charge on any atom is -0.360 e. The molecule has 7 nitrogen and oxygen atoms in total. The maximum atomic E-state index is 13.2. The number of fused-ring (bicyclic) bond motifs is 1. The van der Waals surface area contributed by atoms with E-state index in [0.29, 0.717) is 27.5 Å². The molecule has 3 heterocycles. The molecule has 0 radical (unpaired) electrons. The van der Waals surface area contributed by atoms with Crippen LogP contribution in [0.2, 0.25) is 5.02 Å². The van der Waals surface area contributed by atoms with Crippen molar-refractivity contribution in [2.45, 2.75) is 6.04 Å². The predicted molar refractivity (Wildman–Crippen MR) is 139 cm³/mol. The van der Waals surface area contributed by atoms with Gasteiger partial charge in [-0.1, -0.05) is 23.7 Å². The van der Waals surface area contributed by atoms with Crippen molar-refractivity contribution in [1.29, 1.82) is 0 Å². The van der Waals surface area contributed by atoms with Gasteiger partial charge in [-0.2, -0.15) is 11.3 Å². The minimum absolute atomic E-state index is 0.149. The molecule has 0 fully saturated rings. The molecule has 2 amide bonds. The Bertz CT molecular complexity index is 1570. The number of thiophene rings is 1. The summed E-state index contributed by atoms with van der Waals surface area (Å²) in [5.41, 5.74) is 2.89. The van der Waals surface area contributed by atoms with Gasteiger partial charge in [0.15, 0.2) is 0 Å². The number of aromatic nitrogens is 2. The highest BCUT2D eigenvalue weighted by Crippen LogP contribution is 2.25. The van der Waals surface area contributed by atoms with Crippen LogP contribution in [-0.2, 0) is 4.79 Å². The summed E-state index contributed by atoms with van der Waals surface area (Å²) in [6, 6.07) is 17.9. The number of pyridine rings is 1. The molecule has 9 heteroatoms. The van der Waals surface area contributed by atoms with Gasteiger partial charge in [0.1, 0.15) is 6.04 Å². The number of carbonyl (C=O) groups is 2. The topological polar surface area (TPSA) is 96.0 Å². The molecule has 1 atom stereocenters. The Morgan fingerprint density at radius 2 is 1.86 bits per heavy atom. The van der Waals surface area contributed by atoms with Crippen molar-refractivity contribution in [2.24, 2.45) is 0 Å². The molecule has 0 aliphatic carbocycles. The van der Waals surface area contributed by atoms with Gasteiger partial charge in [0, 0.05) is 46.3 Å². The lowest BCUT2D eigenvalue weighted by Gasteiger charge is -2.18. The van der Waals surface area contributed by atoms with Crippen molar-refractivity contribution >= 4 is 51.3 Å². The Labute approximate surface area is 209 Å². The van der Waals surface area contributed by atoms with Crippen LogP contribution >= 0.6 is 22.9 Å². The van der Waals surface area contributed by atoms with E-state index in [0.717, 1.165) is 10.9 Å². The van der Waals surface area contributed by atoms with Crippen molar-refractivity contribution in [3.63, 3.8) is 0 Å². The second-order valence-corrected chi connectivity index (χ2v) is 8.99. The molecule has 3 aromatic heterocycles. The van der Waals surface area contributed by atoms with Crippen LogP contribution in [0.5, 0.6) is 0 Å². The molecule has 1 unspecified atom stereocenters. The number of anilines is 1. The van der Waals surface area contributed by atoms with E-state index >= 15 is 0 Å². The highest BCUT2D eigenvalue weighted by molar-refractivity contribution is 7.08. The Morgan fingerprint density at radius 3 is 2.60 bits per heavy atom. The summed E-state index contributed by atoms with van der Waals surface area (Å²) in [5.74, 6) is -0.770. The highest BCUT2D eigenvalue weighted by atomic mass is 35.5. The van der Waals surface area contributed by atoms with Gasteiger partial charge in [-0.15, -0.1) is 0 Å². The summed E-state index contributed by atoms with van der Waals surface area (Å²) < 4.78 is 1.51. The van der Waals surface area contributed by atoms with Crippen LogP contribution in [0.25, 0.3) is 16.6 Å². The van der Waals surface area contributed by atoms with Gasteiger partial charge < -0.3 is 15.6 Å². The molecule has 0 bridgehead atoms. The molecular formula is C26H19ClN4O3S. The third kappa shape index (κ3) is 4.75. The fourth-order valence-corrected chi connectivity index (χ4v) is 4.65. The zero-order valence-corrected chi connectivity index (χ0v) is 19.8. The number of nitrogens with zero attached hydrogens (tertiary/aromatic N) is 1. The van der Waals surface area contributed by atoms with Gasteiger partial charge in [0.2, 0.25) is 0 Å². The van der Waals surface area contributed by atoms with Crippen LogP contribution < -0.4 is 16.2 Å². The predicted octanol–water partition coefficient (Wildman–Crippen LogP) is 5.14. The van der Waals surface area contributed by atoms with E-state index in [4.69, 9.17) is 11.6 Å². The van der Waals surface area contributed by atoms with Crippen LogP contribution in [-0.4, -0.2) is 21.4 Å². The number of aromatic amines is 1. The van der Waals surface area contributed by atoms with E-state index < -0.39 is 6.04 Å². The number of amides is 2. The third-order valence-electron chi connectivity index (χ3n) is 5.54. The summed E-state index contributed by atoms with van der Waals surface area (Å²) in [6.07, 6.45) is 3.34. The quantitative estimate of drug-likeness (QED) is 0.300. The lowest BCUT2D eigenvalue weighted by atomic mass is 10.1. The van der Waals surface area contributed by atoms with Crippen LogP contribution in [0.1, 0.15) is 22.0 Å². The van der Waals surface area contributed by atoms with Gasteiger partial charge in [-0.05, 0) is 64.9 Å². The smallest absolute Gasteiger partial charge is 0.255 e. The van der Waals surface area contributed by atoms with E-state index in [-0.39, 0.29) is 17.4 Å². The van der Waals surface area contributed by atoms with Crippen molar-refractivity contribution in [3.05, 3.63) is 116 Å². The third-order valence-corrected chi connectivity index (χ3v) is 6.56. The fraction of sp³-hybridized carbons (Fsp3) is 0.0385. The van der Waals surface area contributed by atoms with E-state index in [1.54, 1.807) is 73.1 Å². The van der Waals surface area contributed by atoms with Crippen LogP contribution in [0, 0.1) is 0 Å². The largest absolute Gasteiger partial charge is 0.360 e. The molecule has 0 saturated carbocycles. The van der Waals surface area contributed by atoms with Crippen molar-refractivity contribution < 1.29 is 9.59 Å². The van der Waals surface area contributed by atoms with Gasteiger partial charge in [0.05, 0.1) is 5.02 Å². The maximum Gasteiger partial charge on any atom is 0.255 e. The number of benzene rings is 2. The standard InChI is InChI=1S/C26H19ClN4O3S/c27-21-14-28-22-13-16(4-9-20(21)22)25(33)30-24(17-10-12-35-15-17)26(34)29-18-5-7-19(8-6-18)31-11-2-1-3-23(31)32/h1-15,24,28H,(H,29,34)(H,30,33). The lowest BCUT2D eigenvalue weighted by molar-refractivity contribution is -0.118. The first-order chi connectivity index (χ1) is 17.0. The second-order valence-electron chi connectivity index (χ2n) is 7.81. The first-order valence-electron chi connectivity index (χ1n) is 10.7. The first kappa shape index (κ1) is 22.6. The zero-order chi connectivity index (χ0) is 24.4. The number of H-pyrrole nitrogens is 1. The van der Waals surface area contributed by atoms with Gasteiger partial charge in [0.25, 0.3) is 17.4 Å². The minimum atomic E-state index is -0.895. The average Bonchev–Trinajstić information content (AvgIpc) is 3.53. The summed E-state index contributed by atoms with van der Waals surface area (Å²) in [4.78, 5) is 41.3. The van der Waals surface area contributed by atoms with Crippen LogP contribution in [0.4, 0.5) is 5.69 Å². The maximum absolute atomic E-state index is 13.2. The molecule has 0 spiro atoms. The highest BCUT2D eigenvalue weighted by Gasteiger charge is 2.24. The van der Waals surface area contributed by atoms with Crippen LogP contribution in [0.15, 0.2) is 94.7 Å². The van der Waals surface area contributed by atoms with Gasteiger partial charge in [-0.25, -0.2) is 0 Å². The average molecular weight is 503 g/mol. The fourth-order valence-electron chi connectivity index (χ4n) is 3.75. The number of carbonyl (C=O) groups excluding carboxylic acids is 2. The number of halogens is 1. The van der Waals surface area contributed by atoms with Gasteiger partial charge >= 0.3 is 0 Å². The molecule has 2 aromatic carbocycles. The number of hydrogen-bond donors (Lipinski definition) is 3. The summed E-state index contributed by atoms with van der Waals surface area (Å²) in [6.45, 7) is 0. The van der Waals surface area contributed by atoms with Crippen molar-refractivity contribution in [3.8, 4) is 5.69 Å². The Kier molecular flexibility index (Phi) is 6.22. The van der Waals surface area contributed by atoms with Gasteiger partial charge in [-0.3, -0.25) is 19.0 Å². The summed E-state index contributed by atoms with van der Waals surface area (Å²) >= 11 is 7.56. The second kappa shape index (κ2) is 9.61. The lowest BCUT2D eigenvalue weighted by Crippen LogP contribution is -2.36. The molecule has 5 rings (SSSR count). The SMILES string of the molecule is O=C(NC(C(=O)Nc1ccc(-n2ccccc2=O)cc1)c1ccsc1)c1ccc2c(Cl)c[nH]c2c1. The van der Waals surface area contributed by atoms with Crippen molar-refractivity contribution in [2.75, 3.05) is 5.32 Å². The Hall–Kier alpha value is -4.14. The Morgan fingerprint density at radius 1 is 1.03 bits per heavy atom. The monoisotopic (exact) mass is 502 g/mol. The first-order valence-corrected chi connectivity index (χ1v) is 12.0. The summed E-state index contributed by atoms with van der Waals surface area (Å²) in [5, 5.41) is 10.8. The van der Waals surface area contributed by atoms with E-state index in [1.807, 2.05) is 10.8 Å². The Balaban J connectivity index is 1.35. The molecule has 174 valence electrons. The normalized spacial score (nSPS) is 11.8. The molecule has 5 aromatic rings. The van der Waals surface area contributed by atoms with Crippen molar-refractivity contribution in [1.82, 2.24) is 14.9 Å².